The quantitative estimate of drug-likeness (QED) is 0.163. The number of rotatable bonds is 14. The van der Waals surface area contributed by atoms with Crippen molar-refractivity contribution in [3.63, 3.8) is 0 Å². The number of allylic oxidation sites excluding steroid dienone is 1. The first-order valence-electron chi connectivity index (χ1n) is 8.92. The molecule has 180 valence electrons. The van der Waals surface area contributed by atoms with Crippen molar-refractivity contribution < 1.29 is 57.8 Å². The fourth-order valence-electron chi connectivity index (χ4n) is 2.35. The lowest BCUT2D eigenvalue weighted by Gasteiger charge is -2.41. The van der Waals surface area contributed by atoms with Crippen LogP contribution in [0.4, 0.5) is 52.7 Å². The number of halogens is 12. The van der Waals surface area contributed by atoms with Crippen LogP contribution in [0.25, 0.3) is 0 Å². The van der Waals surface area contributed by atoms with Gasteiger partial charge in [0.25, 0.3) is 0 Å². The first-order chi connectivity index (χ1) is 13.4. The third kappa shape index (κ3) is 5.37. The molecule has 0 radical (unpaired) electrons. The largest absolute Gasteiger partial charge is 0.396 e. The van der Waals surface area contributed by atoms with Gasteiger partial charge in [0, 0.05) is 13.0 Å². The molecule has 0 amide bonds. The van der Waals surface area contributed by atoms with Gasteiger partial charge < -0.3 is 5.11 Å². The van der Waals surface area contributed by atoms with E-state index in [9.17, 15) is 52.7 Å². The minimum absolute atomic E-state index is 0.0190. The summed E-state index contributed by atoms with van der Waals surface area (Å²) in [4.78, 5) is 0. The predicted octanol–water partition coefficient (Wildman–Crippen LogP) is 7.10. The topological polar surface area (TPSA) is 20.2 Å². The normalized spacial score (nSPS) is 15.3. The minimum atomic E-state index is -7.55. The molecule has 0 aliphatic carbocycles. The van der Waals surface area contributed by atoms with Crippen molar-refractivity contribution in [3.05, 3.63) is 12.2 Å². The summed E-state index contributed by atoms with van der Waals surface area (Å²) < 4.78 is 163. The Balaban J connectivity index is 5.86. The van der Waals surface area contributed by atoms with Crippen LogP contribution in [0.1, 0.15) is 51.9 Å². The van der Waals surface area contributed by atoms with Crippen molar-refractivity contribution in [1.82, 2.24) is 0 Å². The Hall–Kier alpha value is -1.14. The molecule has 0 aliphatic heterocycles. The van der Waals surface area contributed by atoms with Crippen LogP contribution in [0.2, 0.25) is 0 Å². The standard InChI is InChI=1S/C17H22F12O/c1-2-3-4-5-6-9-12(18,19)14(22,23)16(26,27)17(28,29)15(24,25)13(20,21)10-7-8-11-30/h7,10,30H,2-6,8-9,11H2,1H3/b10-7+. The maximum atomic E-state index is 13.7. The van der Waals surface area contributed by atoms with Gasteiger partial charge in [-0.2, -0.15) is 52.7 Å². The van der Waals surface area contributed by atoms with Crippen LogP contribution in [0.3, 0.4) is 0 Å². The van der Waals surface area contributed by atoms with Crippen molar-refractivity contribution in [2.24, 2.45) is 0 Å². The Kier molecular flexibility index (Phi) is 9.61. The molecule has 0 unspecified atom stereocenters. The molecule has 0 aromatic heterocycles. The number of aliphatic hydroxyl groups is 1. The summed E-state index contributed by atoms with van der Waals surface area (Å²) in [5.41, 5.74) is 0. The molecule has 1 nitrogen and oxygen atoms in total. The van der Waals surface area contributed by atoms with E-state index < -0.39 is 67.5 Å². The lowest BCUT2D eigenvalue weighted by Crippen LogP contribution is -2.70. The van der Waals surface area contributed by atoms with Gasteiger partial charge in [-0.3, -0.25) is 0 Å². The molecule has 0 spiro atoms. The molecular weight excluding hydrogens is 448 g/mol. The number of unbranched alkanes of at least 4 members (excludes halogenated alkanes) is 4. The summed E-state index contributed by atoms with van der Waals surface area (Å²) in [6.07, 6.45) is -3.40. The van der Waals surface area contributed by atoms with Crippen LogP contribution >= 0.6 is 0 Å². The molecule has 0 saturated heterocycles. The second kappa shape index (κ2) is 9.99. The summed E-state index contributed by atoms with van der Waals surface area (Å²) in [6, 6.07) is 0. The number of alkyl halides is 12. The van der Waals surface area contributed by atoms with Crippen molar-refractivity contribution in [2.75, 3.05) is 6.61 Å². The zero-order chi connectivity index (χ0) is 24.1. The molecule has 0 bridgehead atoms. The smallest absolute Gasteiger partial charge is 0.385 e. The lowest BCUT2D eigenvalue weighted by molar-refractivity contribution is -0.420. The van der Waals surface area contributed by atoms with Crippen molar-refractivity contribution in [1.29, 1.82) is 0 Å². The fourth-order valence-corrected chi connectivity index (χ4v) is 2.35. The Labute approximate surface area is 165 Å². The molecule has 0 aliphatic rings. The number of aliphatic hydroxyl groups excluding tert-OH is 1. The Morgan fingerprint density at radius 1 is 0.633 bits per heavy atom. The highest BCUT2D eigenvalue weighted by Crippen LogP contribution is 2.60. The van der Waals surface area contributed by atoms with Crippen LogP contribution in [0, 0.1) is 0 Å². The van der Waals surface area contributed by atoms with E-state index in [2.05, 4.69) is 0 Å². The zero-order valence-corrected chi connectivity index (χ0v) is 15.8. The van der Waals surface area contributed by atoms with Gasteiger partial charge in [0.05, 0.1) is 0 Å². The zero-order valence-electron chi connectivity index (χ0n) is 15.8. The van der Waals surface area contributed by atoms with Gasteiger partial charge in [0.2, 0.25) is 0 Å². The second-order valence-corrected chi connectivity index (χ2v) is 6.70. The number of hydrogen-bond donors (Lipinski definition) is 1. The molecule has 30 heavy (non-hydrogen) atoms. The van der Waals surface area contributed by atoms with Gasteiger partial charge in [-0.1, -0.05) is 38.7 Å². The molecule has 1 N–H and O–H groups in total. The van der Waals surface area contributed by atoms with E-state index in [1.807, 2.05) is 0 Å². The third-order valence-electron chi connectivity index (χ3n) is 4.28. The van der Waals surface area contributed by atoms with Gasteiger partial charge in [0.15, 0.2) is 0 Å². The molecule has 0 fully saturated rings. The van der Waals surface area contributed by atoms with Gasteiger partial charge in [-0.05, 0) is 18.9 Å². The first-order valence-corrected chi connectivity index (χ1v) is 8.92. The van der Waals surface area contributed by atoms with Crippen LogP contribution in [0.5, 0.6) is 0 Å². The average Bonchev–Trinajstić information content (AvgIpc) is 2.60. The molecule has 0 heterocycles. The van der Waals surface area contributed by atoms with Crippen molar-refractivity contribution >= 4 is 0 Å². The monoisotopic (exact) mass is 470 g/mol. The van der Waals surface area contributed by atoms with E-state index in [0.717, 1.165) is 0 Å². The van der Waals surface area contributed by atoms with Gasteiger partial charge in [0.1, 0.15) is 0 Å². The van der Waals surface area contributed by atoms with Crippen LogP contribution in [-0.2, 0) is 0 Å². The van der Waals surface area contributed by atoms with E-state index in [1.54, 1.807) is 6.92 Å². The van der Waals surface area contributed by atoms with Gasteiger partial charge >= 0.3 is 35.5 Å². The van der Waals surface area contributed by atoms with E-state index in [4.69, 9.17) is 5.11 Å². The molecule has 0 atom stereocenters. The predicted molar refractivity (Wildman–Crippen MR) is 83.9 cm³/mol. The second-order valence-electron chi connectivity index (χ2n) is 6.70. The van der Waals surface area contributed by atoms with Gasteiger partial charge in [-0.25, -0.2) is 0 Å². The van der Waals surface area contributed by atoms with Crippen LogP contribution in [-0.4, -0.2) is 47.2 Å². The summed E-state index contributed by atoms with van der Waals surface area (Å²) in [6.45, 7) is 0.799. The van der Waals surface area contributed by atoms with Crippen LogP contribution in [0.15, 0.2) is 12.2 Å². The maximum absolute atomic E-state index is 13.7. The summed E-state index contributed by atoms with van der Waals surface area (Å²) in [5.74, 6) is -41.3. The SMILES string of the molecule is CCCCCCCC(F)(F)C(F)(F)C(F)(F)C(F)(F)C(F)(F)C(F)(F)/C=C/CCO. The average molecular weight is 470 g/mol. The van der Waals surface area contributed by atoms with E-state index in [0.29, 0.717) is 12.8 Å². The van der Waals surface area contributed by atoms with Crippen molar-refractivity contribution in [2.45, 2.75) is 87.4 Å². The summed E-state index contributed by atoms with van der Waals surface area (Å²) >= 11 is 0. The van der Waals surface area contributed by atoms with Gasteiger partial charge in [-0.15, -0.1) is 0 Å². The molecule has 13 heteroatoms. The summed E-state index contributed by atoms with van der Waals surface area (Å²) in [5, 5.41) is 8.34. The maximum Gasteiger partial charge on any atom is 0.385 e. The highest BCUT2D eigenvalue weighted by molar-refractivity contribution is 5.15. The highest BCUT2D eigenvalue weighted by Gasteiger charge is 2.89. The van der Waals surface area contributed by atoms with E-state index >= 15 is 0 Å². The third-order valence-corrected chi connectivity index (χ3v) is 4.28. The molecular formula is C17H22F12O. The molecule has 0 rings (SSSR count). The Bertz CT molecular complexity index is 557. The van der Waals surface area contributed by atoms with E-state index in [1.165, 1.54) is 0 Å². The lowest BCUT2D eigenvalue weighted by atomic mass is 9.89. The Morgan fingerprint density at radius 2 is 1.10 bits per heavy atom. The van der Waals surface area contributed by atoms with Crippen LogP contribution < -0.4 is 0 Å². The molecule has 0 aromatic carbocycles. The summed E-state index contributed by atoms with van der Waals surface area (Å²) in [7, 11) is 0. The number of hydrogen-bond acceptors (Lipinski definition) is 1. The highest BCUT2D eigenvalue weighted by atomic mass is 19.4. The minimum Gasteiger partial charge on any atom is -0.396 e. The molecule has 0 saturated carbocycles. The molecule has 0 aromatic rings. The Morgan fingerprint density at radius 3 is 1.57 bits per heavy atom. The fraction of sp³-hybridized carbons (Fsp3) is 0.882. The first kappa shape index (κ1) is 28.9. The van der Waals surface area contributed by atoms with E-state index in [-0.39, 0.29) is 18.9 Å². The van der Waals surface area contributed by atoms with Crippen molar-refractivity contribution in [3.8, 4) is 0 Å².